The van der Waals surface area contributed by atoms with Crippen molar-refractivity contribution in [3.8, 4) is 0 Å². The molecular weight excluding hydrogens is 248 g/mol. The van der Waals surface area contributed by atoms with Crippen LogP contribution in [0.1, 0.15) is 58.8 Å². The van der Waals surface area contributed by atoms with Crippen molar-refractivity contribution < 1.29 is 5.11 Å². The summed E-state index contributed by atoms with van der Waals surface area (Å²) in [6, 6.07) is 0.723. The minimum Gasteiger partial charge on any atom is -0.394 e. The van der Waals surface area contributed by atoms with Gasteiger partial charge in [0, 0.05) is 12.6 Å². The van der Waals surface area contributed by atoms with Crippen molar-refractivity contribution in [3.63, 3.8) is 0 Å². The molecule has 0 heterocycles. The number of aliphatic hydroxyl groups excluding tert-OH is 1. The van der Waals surface area contributed by atoms with Gasteiger partial charge in [-0.2, -0.15) is 0 Å². The minimum atomic E-state index is -0.0505. The molecule has 0 aromatic carbocycles. The van der Waals surface area contributed by atoms with Crippen molar-refractivity contribution in [2.45, 2.75) is 70.4 Å². The second kappa shape index (κ2) is 7.24. The lowest BCUT2D eigenvalue weighted by atomic mass is 9.83. The fourth-order valence-electron chi connectivity index (χ4n) is 4.12. The number of nitrogens with zero attached hydrogens (tertiary/aromatic N) is 1. The Morgan fingerprint density at radius 3 is 2.20 bits per heavy atom. The topological polar surface area (TPSA) is 35.5 Å². The molecule has 3 heteroatoms. The van der Waals surface area contributed by atoms with E-state index in [4.69, 9.17) is 0 Å². The summed E-state index contributed by atoms with van der Waals surface area (Å²) in [6.45, 7) is 6.71. The van der Waals surface area contributed by atoms with Gasteiger partial charge < -0.3 is 15.3 Å². The molecule has 0 saturated heterocycles. The lowest BCUT2D eigenvalue weighted by Gasteiger charge is -2.42. The normalized spacial score (nSPS) is 30.4. The maximum atomic E-state index is 9.96. The van der Waals surface area contributed by atoms with Crippen LogP contribution in [0.25, 0.3) is 0 Å². The van der Waals surface area contributed by atoms with Gasteiger partial charge in [0.1, 0.15) is 0 Å². The van der Waals surface area contributed by atoms with E-state index < -0.39 is 0 Å². The quantitative estimate of drug-likeness (QED) is 0.718. The van der Waals surface area contributed by atoms with Crippen LogP contribution in [-0.4, -0.2) is 48.3 Å². The van der Waals surface area contributed by atoms with Crippen LogP contribution >= 0.6 is 0 Å². The second-order valence-electron chi connectivity index (χ2n) is 7.12. The number of rotatable bonds is 8. The van der Waals surface area contributed by atoms with Gasteiger partial charge in [0.2, 0.25) is 0 Å². The molecule has 0 spiro atoms. The first-order chi connectivity index (χ1) is 9.65. The molecule has 2 saturated carbocycles. The first-order valence-electron chi connectivity index (χ1n) is 8.71. The van der Waals surface area contributed by atoms with Crippen molar-refractivity contribution >= 4 is 0 Å². The molecule has 0 aromatic rings. The van der Waals surface area contributed by atoms with E-state index in [2.05, 4.69) is 31.1 Å². The van der Waals surface area contributed by atoms with Crippen LogP contribution in [0.2, 0.25) is 0 Å². The van der Waals surface area contributed by atoms with Gasteiger partial charge in [-0.3, -0.25) is 0 Å². The van der Waals surface area contributed by atoms with Crippen LogP contribution in [0.3, 0.4) is 0 Å². The van der Waals surface area contributed by atoms with E-state index in [1.807, 2.05) is 0 Å². The summed E-state index contributed by atoms with van der Waals surface area (Å²) < 4.78 is 0. The number of aliphatic hydroxyl groups is 1. The first-order valence-corrected chi connectivity index (χ1v) is 8.71. The van der Waals surface area contributed by atoms with Crippen molar-refractivity contribution in [2.75, 3.05) is 26.7 Å². The van der Waals surface area contributed by atoms with Gasteiger partial charge in [0.05, 0.1) is 12.1 Å². The molecule has 118 valence electrons. The fraction of sp³-hybridized carbons (Fsp3) is 1.00. The third-order valence-electron chi connectivity index (χ3n) is 5.72. The Bertz CT molecular complexity index is 285. The van der Waals surface area contributed by atoms with E-state index in [0.717, 1.165) is 25.0 Å². The molecular formula is C17H34N2O. The second-order valence-corrected chi connectivity index (χ2v) is 7.12. The summed E-state index contributed by atoms with van der Waals surface area (Å²) >= 11 is 0. The van der Waals surface area contributed by atoms with Crippen LogP contribution in [0.15, 0.2) is 0 Å². The Morgan fingerprint density at radius 1 is 1.10 bits per heavy atom. The van der Waals surface area contributed by atoms with Crippen LogP contribution < -0.4 is 5.32 Å². The van der Waals surface area contributed by atoms with E-state index in [1.54, 1.807) is 0 Å². The minimum absolute atomic E-state index is 0.0505. The monoisotopic (exact) mass is 282 g/mol. The largest absolute Gasteiger partial charge is 0.394 e. The summed E-state index contributed by atoms with van der Waals surface area (Å²) in [6.07, 6.45) is 9.37. The van der Waals surface area contributed by atoms with Gasteiger partial charge in [-0.15, -0.1) is 0 Å². The van der Waals surface area contributed by atoms with E-state index in [1.165, 1.54) is 44.9 Å². The number of hydrogen-bond acceptors (Lipinski definition) is 3. The van der Waals surface area contributed by atoms with Gasteiger partial charge in [-0.05, 0) is 64.0 Å². The molecule has 0 aliphatic heterocycles. The van der Waals surface area contributed by atoms with Crippen LogP contribution in [0.5, 0.6) is 0 Å². The highest BCUT2D eigenvalue weighted by Crippen LogP contribution is 2.40. The van der Waals surface area contributed by atoms with Gasteiger partial charge in [-0.1, -0.05) is 20.3 Å². The highest BCUT2D eigenvalue weighted by molar-refractivity contribution is 5.03. The van der Waals surface area contributed by atoms with E-state index in [9.17, 15) is 5.11 Å². The molecule has 2 aliphatic carbocycles. The molecule has 1 atom stereocenters. The zero-order chi connectivity index (χ0) is 14.6. The standard InChI is InChI=1S/C17H34N2O/c1-4-14-6-10-16(11-7-14)19(3)12-17(13-20,18-5-2)15-8-9-15/h14-16,18,20H,4-13H2,1-3H3. The zero-order valence-corrected chi connectivity index (χ0v) is 13.7. The van der Waals surface area contributed by atoms with Gasteiger partial charge in [0.15, 0.2) is 0 Å². The maximum Gasteiger partial charge on any atom is 0.0628 e. The molecule has 0 radical (unpaired) electrons. The highest BCUT2D eigenvalue weighted by atomic mass is 16.3. The Labute approximate surface area is 125 Å². The summed E-state index contributed by atoms with van der Waals surface area (Å²) in [4.78, 5) is 2.53. The van der Waals surface area contributed by atoms with Crippen LogP contribution in [0.4, 0.5) is 0 Å². The molecule has 0 bridgehead atoms. The average molecular weight is 282 g/mol. The molecule has 0 aromatic heterocycles. The van der Waals surface area contributed by atoms with Gasteiger partial charge in [0.25, 0.3) is 0 Å². The number of nitrogens with one attached hydrogen (secondary N) is 1. The summed E-state index contributed by atoms with van der Waals surface area (Å²) in [5, 5.41) is 13.6. The first kappa shape index (κ1) is 16.3. The zero-order valence-electron chi connectivity index (χ0n) is 13.7. The predicted octanol–water partition coefficient (Wildman–Crippen LogP) is 2.64. The third-order valence-corrected chi connectivity index (χ3v) is 5.72. The highest BCUT2D eigenvalue weighted by Gasteiger charge is 2.45. The molecule has 3 nitrogen and oxygen atoms in total. The molecule has 2 fully saturated rings. The molecule has 20 heavy (non-hydrogen) atoms. The Kier molecular flexibility index (Phi) is 5.88. The van der Waals surface area contributed by atoms with E-state index in [0.29, 0.717) is 5.92 Å². The SMILES string of the molecule is CCNC(CO)(CN(C)C1CCC(CC)CC1)C1CC1. The van der Waals surface area contributed by atoms with E-state index >= 15 is 0 Å². The Morgan fingerprint density at radius 2 is 1.75 bits per heavy atom. The van der Waals surface area contributed by atoms with Crippen molar-refractivity contribution in [1.29, 1.82) is 0 Å². The van der Waals surface area contributed by atoms with Crippen molar-refractivity contribution in [1.82, 2.24) is 10.2 Å². The lowest BCUT2D eigenvalue weighted by molar-refractivity contribution is 0.0697. The number of likely N-dealkylation sites (N-methyl/N-ethyl adjacent to an activating group) is 2. The van der Waals surface area contributed by atoms with Crippen molar-refractivity contribution in [2.24, 2.45) is 11.8 Å². The van der Waals surface area contributed by atoms with Gasteiger partial charge in [-0.25, -0.2) is 0 Å². The smallest absolute Gasteiger partial charge is 0.0628 e. The Hall–Kier alpha value is -0.120. The number of hydrogen-bond donors (Lipinski definition) is 2. The lowest BCUT2D eigenvalue weighted by Crippen LogP contribution is -2.59. The molecule has 2 aliphatic rings. The van der Waals surface area contributed by atoms with E-state index in [-0.39, 0.29) is 12.1 Å². The maximum absolute atomic E-state index is 9.96. The molecule has 0 amide bonds. The Balaban J connectivity index is 1.89. The average Bonchev–Trinajstić information content (AvgIpc) is 3.31. The molecule has 1 unspecified atom stereocenters. The molecule has 2 N–H and O–H groups in total. The summed E-state index contributed by atoms with van der Waals surface area (Å²) in [5.74, 6) is 1.64. The summed E-state index contributed by atoms with van der Waals surface area (Å²) in [5.41, 5.74) is -0.0505. The molecule has 2 rings (SSSR count). The fourth-order valence-corrected chi connectivity index (χ4v) is 4.12. The van der Waals surface area contributed by atoms with Crippen molar-refractivity contribution in [3.05, 3.63) is 0 Å². The van der Waals surface area contributed by atoms with Gasteiger partial charge >= 0.3 is 0 Å². The third kappa shape index (κ3) is 3.75. The predicted molar refractivity (Wildman–Crippen MR) is 84.9 cm³/mol. The van der Waals surface area contributed by atoms with Crippen LogP contribution in [-0.2, 0) is 0 Å². The summed E-state index contributed by atoms with van der Waals surface area (Å²) in [7, 11) is 2.26. The van der Waals surface area contributed by atoms with Crippen LogP contribution in [0, 0.1) is 11.8 Å².